The van der Waals surface area contributed by atoms with Gasteiger partial charge in [0.2, 0.25) is 0 Å². The largest absolute Gasteiger partial charge is 0.355 e. The van der Waals surface area contributed by atoms with Crippen molar-refractivity contribution in [1.29, 1.82) is 0 Å². The van der Waals surface area contributed by atoms with Crippen LogP contribution in [0.25, 0.3) is 0 Å². The first-order chi connectivity index (χ1) is 6.54. The van der Waals surface area contributed by atoms with E-state index in [4.69, 9.17) is 9.47 Å². The van der Waals surface area contributed by atoms with E-state index in [1.807, 2.05) is 13.8 Å². The Labute approximate surface area is 86.8 Å². The van der Waals surface area contributed by atoms with Gasteiger partial charge in [-0.3, -0.25) is 4.79 Å². The summed E-state index contributed by atoms with van der Waals surface area (Å²) in [4.78, 5) is 11.1. The molecule has 0 radical (unpaired) electrons. The van der Waals surface area contributed by atoms with E-state index in [0.717, 1.165) is 6.42 Å². The molecule has 0 aliphatic carbocycles. The third kappa shape index (κ3) is 8.20. The molecule has 0 aromatic carbocycles. The zero-order chi connectivity index (χ0) is 11.0. The van der Waals surface area contributed by atoms with Crippen molar-refractivity contribution < 1.29 is 14.3 Å². The van der Waals surface area contributed by atoms with E-state index in [9.17, 15) is 4.79 Å². The molecule has 0 spiro atoms. The van der Waals surface area contributed by atoms with Gasteiger partial charge in [0.1, 0.15) is 13.4 Å². The van der Waals surface area contributed by atoms with E-state index in [-0.39, 0.29) is 25.1 Å². The van der Waals surface area contributed by atoms with Gasteiger partial charge in [-0.2, -0.15) is 0 Å². The maximum Gasteiger partial charge on any atom is 0.161 e. The lowest BCUT2D eigenvalue weighted by Crippen LogP contribution is -2.16. The van der Waals surface area contributed by atoms with Crippen LogP contribution < -0.4 is 0 Å². The molecule has 0 aromatic heterocycles. The number of ether oxygens (including phenoxy) is 2. The Balaban J connectivity index is 3.18. The third-order valence-electron chi connectivity index (χ3n) is 1.89. The first-order valence-electron chi connectivity index (χ1n) is 5.22. The minimum atomic E-state index is 0.0469. The van der Waals surface area contributed by atoms with Gasteiger partial charge in [0.15, 0.2) is 5.78 Å². The fourth-order valence-electron chi connectivity index (χ4n) is 0.746. The molecule has 0 unspecified atom stereocenters. The second-order valence-corrected chi connectivity index (χ2v) is 4.18. The van der Waals surface area contributed by atoms with E-state index >= 15 is 0 Å². The molecule has 0 aromatic rings. The smallest absolute Gasteiger partial charge is 0.161 e. The summed E-state index contributed by atoms with van der Waals surface area (Å²) in [6.45, 7) is 9.12. The van der Waals surface area contributed by atoms with Crippen LogP contribution in [0.4, 0.5) is 0 Å². The Morgan fingerprint density at radius 3 is 2.29 bits per heavy atom. The lowest BCUT2D eigenvalue weighted by molar-refractivity contribution is -0.132. The van der Waals surface area contributed by atoms with Crippen LogP contribution in [0.2, 0.25) is 0 Å². The van der Waals surface area contributed by atoms with Crippen molar-refractivity contribution in [3.05, 3.63) is 0 Å². The first kappa shape index (κ1) is 13.6. The van der Waals surface area contributed by atoms with Crippen molar-refractivity contribution in [3.8, 4) is 0 Å². The van der Waals surface area contributed by atoms with Gasteiger partial charge in [-0.1, -0.05) is 27.7 Å². The maximum absolute atomic E-state index is 11.1. The average molecular weight is 202 g/mol. The quantitative estimate of drug-likeness (QED) is 0.447. The number of Topliss-reactive ketones (excluding diaryl/α,β-unsaturated/α-hetero) is 1. The van der Waals surface area contributed by atoms with E-state index in [1.165, 1.54) is 0 Å². The molecule has 84 valence electrons. The van der Waals surface area contributed by atoms with Crippen LogP contribution in [-0.4, -0.2) is 25.8 Å². The zero-order valence-corrected chi connectivity index (χ0v) is 9.71. The minimum Gasteiger partial charge on any atom is -0.355 e. The standard InChI is InChI=1S/C11H22O3/c1-9(2)5-6-13-8-14-7-11(12)10(3)4/h9-10H,5-8H2,1-4H3. The van der Waals surface area contributed by atoms with Gasteiger partial charge >= 0.3 is 0 Å². The molecule has 0 saturated heterocycles. The molecule has 0 atom stereocenters. The molecule has 0 saturated carbocycles. The molecular formula is C11H22O3. The highest BCUT2D eigenvalue weighted by Crippen LogP contribution is 1.99. The van der Waals surface area contributed by atoms with Crippen molar-refractivity contribution in [2.75, 3.05) is 20.0 Å². The summed E-state index contributed by atoms with van der Waals surface area (Å²) in [6.07, 6.45) is 1.03. The van der Waals surface area contributed by atoms with Crippen LogP contribution in [0.5, 0.6) is 0 Å². The van der Waals surface area contributed by atoms with Crippen LogP contribution in [0, 0.1) is 11.8 Å². The highest BCUT2D eigenvalue weighted by Gasteiger charge is 2.06. The van der Waals surface area contributed by atoms with Gasteiger partial charge in [0.25, 0.3) is 0 Å². The zero-order valence-electron chi connectivity index (χ0n) is 9.71. The lowest BCUT2D eigenvalue weighted by atomic mass is 10.1. The first-order valence-corrected chi connectivity index (χ1v) is 5.22. The van der Waals surface area contributed by atoms with Crippen LogP contribution in [0.1, 0.15) is 34.1 Å². The molecular weight excluding hydrogens is 180 g/mol. The van der Waals surface area contributed by atoms with Crippen molar-refractivity contribution in [2.45, 2.75) is 34.1 Å². The second-order valence-electron chi connectivity index (χ2n) is 4.18. The SMILES string of the molecule is CC(C)CCOCOCC(=O)C(C)C. The Morgan fingerprint density at radius 1 is 1.14 bits per heavy atom. The van der Waals surface area contributed by atoms with Gasteiger partial charge in [-0.15, -0.1) is 0 Å². The van der Waals surface area contributed by atoms with Crippen LogP contribution in [0.15, 0.2) is 0 Å². The monoisotopic (exact) mass is 202 g/mol. The number of hydrogen-bond donors (Lipinski definition) is 0. The summed E-state index contributed by atoms with van der Waals surface area (Å²) >= 11 is 0. The van der Waals surface area contributed by atoms with E-state index in [1.54, 1.807) is 0 Å². The molecule has 14 heavy (non-hydrogen) atoms. The molecule has 0 heterocycles. The molecule has 3 nitrogen and oxygen atoms in total. The lowest BCUT2D eigenvalue weighted by Gasteiger charge is -2.07. The van der Waals surface area contributed by atoms with Gasteiger partial charge in [0, 0.05) is 12.5 Å². The Morgan fingerprint density at radius 2 is 1.79 bits per heavy atom. The van der Waals surface area contributed by atoms with Crippen molar-refractivity contribution in [2.24, 2.45) is 11.8 Å². The number of ketones is 1. The summed E-state index contributed by atoms with van der Waals surface area (Å²) in [5, 5.41) is 0. The summed E-state index contributed by atoms with van der Waals surface area (Å²) in [7, 11) is 0. The normalized spacial score (nSPS) is 11.3. The van der Waals surface area contributed by atoms with E-state index < -0.39 is 0 Å². The summed E-state index contributed by atoms with van der Waals surface area (Å²) in [5.41, 5.74) is 0. The molecule has 0 bridgehead atoms. The highest BCUT2D eigenvalue weighted by atomic mass is 16.7. The minimum absolute atomic E-state index is 0.0469. The third-order valence-corrected chi connectivity index (χ3v) is 1.89. The van der Waals surface area contributed by atoms with Crippen molar-refractivity contribution in [3.63, 3.8) is 0 Å². The summed E-state index contributed by atoms with van der Waals surface area (Å²) in [5.74, 6) is 0.815. The fourth-order valence-corrected chi connectivity index (χ4v) is 0.746. The molecule has 0 aliphatic heterocycles. The number of rotatable bonds is 8. The Kier molecular flexibility index (Phi) is 7.71. The predicted octanol–water partition coefficient (Wildman–Crippen LogP) is 2.25. The van der Waals surface area contributed by atoms with E-state index in [2.05, 4.69) is 13.8 Å². The van der Waals surface area contributed by atoms with E-state index in [0.29, 0.717) is 12.5 Å². The predicted molar refractivity (Wildman–Crippen MR) is 56.1 cm³/mol. The molecule has 0 rings (SSSR count). The summed E-state index contributed by atoms with van der Waals surface area (Å²) in [6, 6.07) is 0. The molecule has 0 N–H and O–H groups in total. The number of carbonyl (C=O) groups is 1. The Hall–Kier alpha value is -0.410. The van der Waals surface area contributed by atoms with Crippen molar-refractivity contribution >= 4 is 5.78 Å². The van der Waals surface area contributed by atoms with Crippen LogP contribution in [0.3, 0.4) is 0 Å². The number of carbonyl (C=O) groups excluding carboxylic acids is 1. The van der Waals surface area contributed by atoms with Gasteiger partial charge < -0.3 is 9.47 Å². The van der Waals surface area contributed by atoms with Crippen LogP contribution >= 0.6 is 0 Å². The maximum atomic E-state index is 11.1. The second kappa shape index (κ2) is 7.94. The highest BCUT2D eigenvalue weighted by molar-refractivity contribution is 5.81. The fraction of sp³-hybridized carbons (Fsp3) is 0.909. The number of hydrogen-bond acceptors (Lipinski definition) is 3. The molecule has 3 heteroatoms. The van der Waals surface area contributed by atoms with Gasteiger partial charge in [-0.25, -0.2) is 0 Å². The molecule has 0 amide bonds. The average Bonchev–Trinajstić information content (AvgIpc) is 2.09. The molecule has 0 fully saturated rings. The van der Waals surface area contributed by atoms with Gasteiger partial charge in [0.05, 0.1) is 0 Å². The topological polar surface area (TPSA) is 35.5 Å². The van der Waals surface area contributed by atoms with Crippen LogP contribution in [-0.2, 0) is 14.3 Å². The summed E-state index contributed by atoms with van der Waals surface area (Å²) < 4.78 is 10.3. The molecule has 0 aliphatic rings. The Bertz CT molecular complexity index is 153. The van der Waals surface area contributed by atoms with Gasteiger partial charge in [-0.05, 0) is 12.3 Å². The van der Waals surface area contributed by atoms with Crippen molar-refractivity contribution in [1.82, 2.24) is 0 Å².